The molecule has 0 unspecified atom stereocenters. The first-order valence-corrected chi connectivity index (χ1v) is 8.26. The number of hydrogen-bond donors (Lipinski definition) is 1. The lowest BCUT2D eigenvalue weighted by molar-refractivity contribution is 0.267. The van der Waals surface area contributed by atoms with Gasteiger partial charge in [0.2, 0.25) is 0 Å². The van der Waals surface area contributed by atoms with E-state index in [0.717, 1.165) is 12.5 Å². The van der Waals surface area contributed by atoms with Crippen LogP contribution in [0.3, 0.4) is 0 Å². The molecule has 1 aliphatic heterocycles. The van der Waals surface area contributed by atoms with Gasteiger partial charge >= 0.3 is 0 Å². The summed E-state index contributed by atoms with van der Waals surface area (Å²) in [6.07, 6.45) is 5.45. The molecule has 2 aliphatic rings. The summed E-state index contributed by atoms with van der Waals surface area (Å²) in [4.78, 5) is 0. The smallest absolute Gasteiger partial charge is 0.0370 e. The predicted octanol–water partition coefficient (Wildman–Crippen LogP) is 4.13. The van der Waals surface area contributed by atoms with E-state index in [4.69, 9.17) is 0 Å². The Hall–Kier alpha value is -1.60. The Kier molecular flexibility index (Phi) is 3.31. The van der Waals surface area contributed by atoms with Crippen molar-refractivity contribution >= 4 is 0 Å². The standard InChI is InChI=1S/C20H23N/c1-3-9-16(10-4-1)20(17-11-5-2-6-12-17)15-21-19-14-8-7-13-18(19)20/h1-6,9-12,18-19,21H,7-8,13-15H2/t18-,19+/m0/s1. The summed E-state index contributed by atoms with van der Waals surface area (Å²) in [5.41, 5.74) is 3.13. The number of hydrogen-bond acceptors (Lipinski definition) is 1. The van der Waals surface area contributed by atoms with E-state index in [1.165, 1.54) is 36.8 Å². The van der Waals surface area contributed by atoms with Gasteiger partial charge in [0.15, 0.2) is 0 Å². The van der Waals surface area contributed by atoms with Crippen molar-refractivity contribution in [2.45, 2.75) is 37.1 Å². The maximum Gasteiger partial charge on any atom is 0.0370 e. The fourth-order valence-corrected chi connectivity index (χ4v) is 4.66. The molecule has 2 atom stereocenters. The summed E-state index contributed by atoms with van der Waals surface area (Å²) < 4.78 is 0. The molecule has 1 saturated carbocycles. The zero-order valence-electron chi connectivity index (χ0n) is 12.5. The van der Waals surface area contributed by atoms with Crippen molar-refractivity contribution in [1.82, 2.24) is 5.32 Å². The summed E-state index contributed by atoms with van der Waals surface area (Å²) in [6, 6.07) is 23.0. The molecule has 2 aromatic rings. The second-order valence-electron chi connectivity index (χ2n) is 6.58. The van der Waals surface area contributed by atoms with E-state index in [-0.39, 0.29) is 5.41 Å². The Morgan fingerprint density at radius 3 is 1.95 bits per heavy atom. The minimum Gasteiger partial charge on any atom is -0.312 e. The number of benzene rings is 2. The minimum absolute atomic E-state index is 0.160. The van der Waals surface area contributed by atoms with Crippen LogP contribution in [0.15, 0.2) is 60.7 Å². The quantitative estimate of drug-likeness (QED) is 0.870. The molecule has 1 heteroatoms. The first kappa shape index (κ1) is 13.1. The molecule has 0 spiro atoms. The van der Waals surface area contributed by atoms with Gasteiger partial charge in [-0.15, -0.1) is 0 Å². The van der Waals surface area contributed by atoms with Gasteiger partial charge in [-0.25, -0.2) is 0 Å². The van der Waals surface area contributed by atoms with Crippen LogP contribution < -0.4 is 5.32 Å². The van der Waals surface area contributed by atoms with Crippen molar-refractivity contribution in [2.24, 2.45) is 5.92 Å². The van der Waals surface area contributed by atoms with Gasteiger partial charge in [-0.05, 0) is 29.9 Å². The molecule has 1 nitrogen and oxygen atoms in total. The monoisotopic (exact) mass is 277 g/mol. The van der Waals surface area contributed by atoms with Crippen molar-refractivity contribution < 1.29 is 0 Å². The Labute approximate surface area is 127 Å². The van der Waals surface area contributed by atoms with Crippen LogP contribution in [-0.4, -0.2) is 12.6 Å². The van der Waals surface area contributed by atoms with Gasteiger partial charge in [0, 0.05) is 18.0 Å². The molecule has 0 radical (unpaired) electrons. The van der Waals surface area contributed by atoms with Crippen LogP contribution in [0.2, 0.25) is 0 Å². The molecule has 4 rings (SSSR count). The van der Waals surface area contributed by atoms with Crippen LogP contribution in [0.1, 0.15) is 36.8 Å². The van der Waals surface area contributed by atoms with Crippen molar-refractivity contribution in [2.75, 3.05) is 6.54 Å². The van der Waals surface area contributed by atoms with Crippen LogP contribution in [-0.2, 0) is 5.41 Å². The predicted molar refractivity (Wildman–Crippen MR) is 87.4 cm³/mol. The highest BCUT2D eigenvalue weighted by atomic mass is 15.0. The van der Waals surface area contributed by atoms with E-state index in [1.807, 2.05) is 0 Å². The molecule has 1 saturated heterocycles. The Morgan fingerprint density at radius 1 is 0.762 bits per heavy atom. The summed E-state index contributed by atoms with van der Waals surface area (Å²) in [6.45, 7) is 1.08. The lowest BCUT2D eigenvalue weighted by Crippen LogP contribution is -2.39. The van der Waals surface area contributed by atoms with E-state index < -0.39 is 0 Å². The molecule has 0 amide bonds. The minimum atomic E-state index is 0.160. The fourth-order valence-electron chi connectivity index (χ4n) is 4.66. The van der Waals surface area contributed by atoms with Crippen molar-refractivity contribution in [3.8, 4) is 0 Å². The molecule has 2 fully saturated rings. The molecule has 21 heavy (non-hydrogen) atoms. The van der Waals surface area contributed by atoms with E-state index in [1.54, 1.807) is 0 Å². The third kappa shape index (κ3) is 2.03. The molecule has 1 heterocycles. The zero-order valence-corrected chi connectivity index (χ0v) is 12.5. The number of rotatable bonds is 2. The lowest BCUT2D eigenvalue weighted by Gasteiger charge is -2.39. The lowest BCUT2D eigenvalue weighted by atomic mass is 9.63. The highest BCUT2D eigenvalue weighted by Crippen LogP contribution is 2.49. The fraction of sp³-hybridized carbons (Fsp3) is 0.400. The second kappa shape index (κ2) is 5.31. The topological polar surface area (TPSA) is 12.0 Å². The number of fused-ring (bicyclic) bond motifs is 1. The largest absolute Gasteiger partial charge is 0.312 e. The van der Waals surface area contributed by atoms with Gasteiger partial charge in [-0.1, -0.05) is 73.5 Å². The first-order valence-electron chi connectivity index (χ1n) is 8.26. The summed E-state index contributed by atoms with van der Waals surface area (Å²) in [5, 5.41) is 3.85. The first-order chi connectivity index (χ1) is 10.4. The van der Waals surface area contributed by atoms with Crippen LogP contribution in [0.5, 0.6) is 0 Å². The van der Waals surface area contributed by atoms with Gasteiger partial charge < -0.3 is 5.32 Å². The highest BCUT2D eigenvalue weighted by molar-refractivity contribution is 5.43. The average molecular weight is 277 g/mol. The van der Waals surface area contributed by atoms with Crippen LogP contribution in [0.4, 0.5) is 0 Å². The van der Waals surface area contributed by atoms with Crippen LogP contribution >= 0.6 is 0 Å². The Bertz CT molecular complexity index is 550. The Balaban J connectivity index is 1.87. The maximum atomic E-state index is 3.85. The van der Waals surface area contributed by atoms with E-state index in [9.17, 15) is 0 Å². The van der Waals surface area contributed by atoms with E-state index in [0.29, 0.717) is 6.04 Å². The highest BCUT2D eigenvalue weighted by Gasteiger charge is 2.50. The van der Waals surface area contributed by atoms with Crippen molar-refractivity contribution in [1.29, 1.82) is 0 Å². The maximum absolute atomic E-state index is 3.85. The molecule has 1 aliphatic carbocycles. The molecular formula is C20H23N. The van der Waals surface area contributed by atoms with Gasteiger partial charge in [0.25, 0.3) is 0 Å². The molecule has 108 valence electrons. The molecular weight excluding hydrogens is 254 g/mol. The normalized spacial score (nSPS) is 27.2. The van der Waals surface area contributed by atoms with Crippen LogP contribution in [0, 0.1) is 5.92 Å². The molecule has 1 N–H and O–H groups in total. The summed E-state index contributed by atoms with van der Waals surface area (Å²) >= 11 is 0. The van der Waals surface area contributed by atoms with Crippen molar-refractivity contribution in [3.63, 3.8) is 0 Å². The van der Waals surface area contributed by atoms with Crippen molar-refractivity contribution in [3.05, 3.63) is 71.8 Å². The van der Waals surface area contributed by atoms with Crippen LogP contribution in [0.25, 0.3) is 0 Å². The van der Waals surface area contributed by atoms with Gasteiger partial charge in [0.1, 0.15) is 0 Å². The second-order valence-corrected chi connectivity index (χ2v) is 6.58. The molecule has 0 bridgehead atoms. The Morgan fingerprint density at radius 2 is 1.33 bits per heavy atom. The van der Waals surface area contributed by atoms with E-state index >= 15 is 0 Å². The summed E-state index contributed by atoms with van der Waals surface area (Å²) in [7, 11) is 0. The van der Waals surface area contributed by atoms with E-state index in [2.05, 4.69) is 66.0 Å². The molecule has 0 aromatic heterocycles. The van der Waals surface area contributed by atoms with Gasteiger partial charge in [-0.2, -0.15) is 0 Å². The summed E-state index contributed by atoms with van der Waals surface area (Å²) in [5.74, 6) is 0.732. The zero-order chi connectivity index (χ0) is 14.1. The number of nitrogens with one attached hydrogen (secondary N) is 1. The third-order valence-corrected chi connectivity index (χ3v) is 5.62. The SMILES string of the molecule is c1ccc(C2(c3ccccc3)CN[C@@H]3CCCC[C@@H]32)cc1. The molecule has 2 aromatic carbocycles. The third-order valence-electron chi connectivity index (χ3n) is 5.62. The van der Waals surface area contributed by atoms with Gasteiger partial charge in [0.05, 0.1) is 0 Å². The average Bonchev–Trinajstić information content (AvgIpc) is 2.97. The van der Waals surface area contributed by atoms with Gasteiger partial charge in [-0.3, -0.25) is 0 Å².